The molecular formula is C10H23N3O2S. The van der Waals surface area contributed by atoms with E-state index < -0.39 is 10.2 Å². The molecule has 0 saturated carbocycles. The van der Waals surface area contributed by atoms with Crippen molar-refractivity contribution < 1.29 is 8.42 Å². The molecule has 6 heteroatoms. The SMILES string of the molecule is CC1CCN(S(=O)(=O)N(C)CCCN)CC1. The van der Waals surface area contributed by atoms with Crippen molar-refractivity contribution in [2.24, 2.45) is 11.7 Å². The Hall–Kier alpha value is -0.170. The van der Waals surface area contributed by atoms with E-state index in [4.69, 9.17) is 5.73 Å². The van der Waals surface area contributed by atoms with E-state index in [0.717, 1.165) is 12.8 Å². The predicted molar refractivity (Wildman–Crippen MR) is 65.2 cm³/mol. The molecule has 16 heavy (non-hydrogen) atoms. The normalized spacial score (nSPS) is 20.5. The number of piperidine rings is 1. The average Bonchev–Trinajstić information content (AvgIpc) is 2.26. The van der Waals surface area contributed by atoms with Gasteiger partial charge in [-0.2, -0.15) is 17.0 Å². The maximum absolute atomic E-state index is 12.1. The Bertz CT molecular complexity index is 297. The fourth-order valence-corrected chi connectivity index (χ4v) is 3.27. The first-order valence-electron chi connectivity index (χ1n) is 5.90. The zero-order valence-corrected chi connectivity index (χ0v) is 11.0. The minimum absolute atomic E-state index is 0.505. The molecule has 0 bridgehead atoms. The second-order valence-electron chi connectivity index (χ2n) is 4.55. The van der Waals surface area contributed by atoms with E-state index in [1.54, 1.807) is 11.4 Å². The van der Waals surface area contributed by atoms with Crippen LogP contribution in [0, 0.1) is 5.92 Å². The smallest absolute Gasteiger partial charge is 0.281 e. The standard InChI is InChI=1S/C10H23N3O2S/c1-10-4-8-13(9-5-10)16(14,15)12(2)7-3-6-11/h10H,3-9,11H2,1-2H3. The van der Waals surface area contributed by atoms with E-state index in [2.05, 4.69) is 6.92 Å². The first-order chi connectivity index (χ1) is 7.48. The molecule has 96 valence electrons. The third-order valence-corrected chi connectivity index (χ3v) is 5.13. The van der Waals surface area contributed by atoms with Crippen molar-refractivity contribution in [3.05, 3.63) is 0 Å². The average molecular weight is 249 g/mol. The largest absolute Gasteiger partial charge is 0.330 e. The van der Waals surface area contributed by atoms with Crippen LogP contribution in [0.1, 0.15) is 26.2 Å². The Kier molecular flexibility index (Phi) is 5.17. The first-order valence-corrected chi connectivity index (χ1v) is 7.29. The maximum Gasteiger partial charge on any atom is 0.281 e. The van der Waals surface area contributed by atoms with Crippen molar-refractivity contribution in [3.8, 4) is 0 Å². The van der Waals surface area contributed by atoms with Gasteiger partial charge in [0.1, 0.15) is 0 Å². The first kappa shape index (κ1) is 13.9. The van der Waals surface area contributed by atoms with Crippen LogP contribution in [0.4, 0.5) is 0 Å². The van der Waals surface area contributed by atoms with Gasteiger partial charge in [0.25, 0.3) is 10.2 Å². The topological polar surface area (TPSA) is 66.6 Å². The summed E-state index contributed by atoms with van der Waals surface area (Å²) >= 11 is 0. The van der Waals surface area contributed by atoms with Crippen LogP contribution in [0.15, 0.2) is 0 Å². The molecule has 1 heterocycles. The van der Waals surface area contributed by atoms with Crippen LogP contribution in [0.25, 0.3) is 0 Å². The molecule has 0 aromatic heterocycles. The minimum Gasteiger partial charge on any atom is -0.330 e. The second kappa shape index (κ2) is 5.95. The number of nitrogens with two attached hydrogens (primary N) is 1. The van der Waals surface area contributed by atoms with E-state index in [9.17, 15) is 8.42 Å². The third kappa shape index (κ3) is 3.41. The van der Waals surface area contributed by atoms with E-state index in [0.29, 0.717) is 38.5 Å². The lowest BCUT2D eigenvalue weighted by atomic mass is 10.0. The van der Waals surface area contributed by atoms with E-state index in [1.807, 2.05) is 0 Å². The van der Waals surface area contributed by atoms with Crippen molar-refractivity contribution in [1.29, 1.82) is 0 Å². The quantitative estimate of drug-likeness (QED) is 0.759. The van der Waals surface area contributed by atoms with Crippen LogP contribution in [0.5, 0.6) is 0 Å². The maximum atomic E-state index is 12.1. The van der Waals surface area contributed by atoms with Crippen LogP contribution >= 0.6 is 0 Å². The van der Waals surface area contributed by atoms with Gasteiger partial charge in [0.05, 0.1) is 0 Å². The Balaban J connectivity index is 2.56. The number of hydrogen-bond donors (Lipinski definition) is 1. The van der Waals surface area contributed by atoms with Gasteiger partial charge in [-0.05, 0) is 31.7 Å². The zero-order chi connectivity index (χ0) is 12.2. The van der Waals surface area contributed by atoms with E-state index in [1.165, 1.54) is 4.31 Å². The van der Waals surface area contributed by atoms with Crippen molar-refractivity contribution >= 4 is 10.2 Å². The molecule has 0 atom stereocenters. The molecule has 1 rings (SSSR count). The molecule has 5 nitrogen and oxygen atoms in total. The Labute approximate surface area is 98.8 Å². The monoisotopic (exact) mass is 249 g/mol. The molecule has 2 N–H and O–H groups in total. The summed E-state index contributed by atoms with van der Waals surface area (Å²) in [5.74, 6) is 0.640. The molecule has 0 aromatic rings. The summed E-state index contributed by atoms with van der Waals surface area (Å²) in [4.78, 5) is 0. The lowest BCUT2D eigenvalue weighted by Gasteiger charge is -2.32. The molecule has 0 spiro atoms. The van der Waals surface area contributed by atoms with Crippen LogP contribution in [0.3, 0.4) is 0 Å². The lowest BCUT2D eigenvalue weighted by molar-refractivity contribution is 0.270. The summed E-state index contributed by atoms with van der Waals surface area (Å²) in [6.07, 6.45) is 2.63. The van der Waals surface area contributed by atoms with Gasteiger partial charge in [0.15, 0.2) is 0 Å². The Morgan fingerprint density at radius 3 is 2.44 bits per heavy atom. The van der Waals surface area contributed by atoms with Gasteiger partial charge in [-0.1, -0.05) is 6.92 Å². The molecule has 0 amide bonds. The van der Waals surface area contributed by atoms with Crippen molar-refractivity contribution in [3.63, 3.8) is 0 Å². The van der Waals surface area contributed by atoms with Gasteiger partial charge < -0.3 is 5.73 Å². The van der Waals surface area contributed by atoms with E-state index in [-0.39, 0.29) is 0 Å². The molecular weight excluding hydrogens is 226 g/mol. The van der Waals surface area contributed by atoms with Crippen molar-refractivity contribution in [2.75, 3.05) is 33.2 Å². The van der Waals surface area contributed by atoms with Crippen LogP contribution in [0.2, 0.25) is 0 Å². The molecule has 0 aliphatic carbocycles. The fourth-order valence-electron chi connectivity index (χ4n) is 1.84. The Morgan fingerprint density at radius 1 is 1.38 bits per heavy atom. The highest BCUT2D eigenvalue weighted by molar-refractivity contribution is 7.86. The predicted octanol–water partition coefficient (Wildman–Crippen LogP) is 0.244. The highest BCUT2D eigenvalue weighted by Crippen LogP contribution is 2.19. The molecule has 0 radical (unpaired) electrons. The minimum atomic E-state index is -3.25. The third-order valence-electron chi connectivity index (χ3n) is 3.14. The summed E-state index contributed by atoms with van der Waals surface area (Å²) in [6, 6.07) is 0. The molecule has 0 aromatic carbocycles. The fraction of sp³-hybridized carbons (Fsp3) is 1.00. The van der Waals surface area contributed by atoms with E-state index >= 15 is 0 Å². The summed E-state index contributed by atoms with van der Waals surface area (Å²) in [5, 5.41) is 0. The van der Waals surface area contributed by atoms with Gasteiger partial charge in [-0.15, -0.1) is 0 Å². The molecule has 1 saturated heterocycles. The highest BCUT2D eigenvalue weighted by atomic mass is 32.2. The van der Waals surface area contributed by atoms with Crippen LogP contribution < -0.4 is 5.73 Å². The molecule has 1 aliphatic heterocycles. The van der Waals surface area contributed by atoms with Gasteiger partial charge in [-0.3, -0.25) is 0 Å². The summed E-state index contributed by atoms with van der Waals surface area (Å²) in [6.45, 7) is 4.50. The number of nitrogens with zero attached hydrogens (tertiary/aromatic N) is 2. The molecule has 0 unspecified atom stereocenters. The van der Waals surface area contributed by atoms with Gasteiger partial charge in [0, 0.05) is 26.7 Å². The zero-order valence-electron chi connectivity index (χ0n) is 10.2. The number of rotatable bonds is 5. The molecule has 1 fully saturated rings. The second-order valence-corrected chi connectivity index (χ2v) is 6.59. The van der Waals surface area contributed by atoms with Crippen molar-refractivity contribution in [2.45, 2.75) is 26.2 Å². The summed E-state index contributed by atoms with van der Waals surface area (Å²) in [5.41, 5.74) is 5.38. The van der Waals surface area contributed by atoms with Gasteiger partial charge in [0.2, 0.25) is 0 Å². The van der Waals surface area contributed by atoms with Crippen molar-refractivity contribution in [1.82, 2.24) is 8.61 Å². The van der Waals surface area contributed by atoms with Gasteiger partial charge >= 0.3 is 0 Å². The molecule has 1 aliphatic rings. The van der Waals surface area contributed by atoms with Gasteiger partial charge in [-0.25, -0.2) is 0 Å². The highest BCUT2D eigenvalue weighted by Gasteiger charge is 2.29. The lowest BCUT2D eigenvalue weighted by Crippen LogP contribution is -2.45. The van der Waals surface area contributed by atoms with Crippen LogP contribution in [-0.4, -0.2) is 50.3 Å². The Morgan fingerprint density at radius 2 is 1.94 bits per heavy atom. The summed E-state index contributed by atoms with van der Waals surface area (Å²) < 4.78 is 27.2. The number of hydrogen-bond acceptors (Lipinski definition) is 3. The van der Waals surface area contributed by atoms with Crippen LogP contribution in [-0.2, 0) is 10.2 Å². The summed E-state index contributed by atoms with van der Waals surface area (Å²) in [7, 11) is -1.62.